The minimum absolute atomic E-state index is 0. The maximum absolute atomic E-state index is 8.82. The van der Waals surface area contributed by atoms with Crippen molar-refractivity contribution in [1.82, 2.24) is 0 Å². The Morgan fingerprint density at radius 3 is 0.700 bits per heavy atom. The Hall–Kier alpha value is -0.161. The summed E-state index contributed by atoms with van der Waals surface area (Å²) in [4.78, 5) is 0. The van der Waals surface area contributed by atoms with E-state index >= 15 is 0 Å². The van der Waals surface area contributed by atoms with Crippen LogP contribution < -0.4 is 0 Å². The van der Waals surface area contributed by atoms with Crippen LogP contribution in [0.4, 0.5) is 0 Å². The van der Waals surface area contributed by atoms with E-state index in [1.807, 2.05) is 0 Å². The fourth-order valence-electron chi connectivity index (χ4n) is 0. The van der Waals surface area contributed by atoms with Crippen LogP contribution in [0.1, 0.15) is 0 Å². The second kappa shape index (κ2) is 15.9. The molecule has 0 amide bonds. The Bertz CT molecular complexity index is 87.9. The van der Waals surface area contributed by atoms with Crippen molar-refractivity contribution in [1.29, 1.82) is 0 Å². The van der Waals surface area contributed by atoms with Gasteiger partial charge in [-0.15, -0.1) is 0 Å². The van der Waals surface area contributed by atoms with Crippen molar-refractivity contribution in [3.8, 4) is 0 Å². The van der Waals surface area contributed by atoms with E-state index in [0.717, 1.165) is 0 Å². The molecule has 0 radical (unpaired) electrons. The molecule has 0 saturated carbocycles. The van der Waals surface area contributed by atoms with Gasteiger partial charge in [0.1, 0.15) is 0 Å². The standard InChI is InChI=1S/H2O4Se.5H2O/c1-5(2,3)4;;;;;/h(H2,1,2,3,4);5*1H2. The average Bonchev–Trinajstić information content (AvgIpc) is 0.722. The quantitative estimate of drug-likeness (QED) is 0.390. The van der Waals surface area contributed by atoms with Crippen molar-refractivity contribution in [2.75, 3.05) is 0 Å². The van der Waals surface area contributed by atoms with Crippen LogP contribution in [-0.4, -0.2) is 49.1 Å². The summed E-state index contributed by atoms with van der Waals surface area (Å²) in [5.74, 6) is 0. The summed E-state index contributed by atoms with van der Waals surface area (Å²) < 4.78 is 31.9. The van der Waals surface area contributed by atoms with E-state index in [2.05, 4.69) is 0 Å². The van der Waals surface area contributed by atoms with Gasteiger partial charge in [0.25, 0.3) is 0 Å². The van der Waals surface area contributed by atoms with Crippen LogP contribution in [0.25, 0.3) is 0 Å². The molecule has 10 heteroatoms. The van der Waals surface area contributed by atoms with Gasteiger partial charge < -0.3 is 27.4 Å². The Kier molecular flexibility index (Phi) is 83.1. The van der Waals surface area contributed by atoms with Gasteiger partial charge in [0.2, 0.25) is 0 Å². The van der Waals surface area contributed by atoms with Crippen LogP contribution in [0.3, 0.4) is 0 Å². The molecule has 0 aromatic carbocycles. The number of rotatable bonds is 0. The first-order chi connectivity index (χ1) is 2.00. The van der Waals surface area contributed by atoms with E-state index in [9.17, 15) is 0 Å². The Morgan fingerprint density at radius 2 is 0.700 bits per heavy atom. The van der Waals surface area contributed by atoms with Crippen LogP contribution in [0, 0.1) is 0 Å². The van der Waals surface area contributed by atoms with E-state index in [-0.39, 0.29) is 27.4 Å². The van der Waals surface area contributed by atoms with Crippen LogP contribution in [0.2, 0.25) is 0 Å². The molecule has 12 N–H and O–H groups in total. The van der Waals surface area contributed by atoms with Gasteiger partial charge in [0, 0.05) is 0 Å². The van der Waals surface area contributed by atoms with E-state index in [0.29, 0.717) is 0 Å². The third kappa shape index (κ3) is 14200. The first-order valence-electron chi connectivity index (χ1n) is 0.698. The number of hydrogen-bond acceptors (Lipinski definition) is 2. The molecular weight excluding hydrogens is 223 g/mol. The molecule has 0 saturated heterocycles. The summed E-state index contributed by atoms with van der Waals surface area (Å²) in [5.41, 5.74) is 0. The minimum atomic E-state index is -5.25. The van der Waals surface area contributed by atoms with Gasteiger partial charge in [-0.1, -0.05) is 0 Å². The third-order valence-electron chi connectivity index (χ3n) is 0. The molecule has 0 heterocycles. The van der Waals surface area contributed by atoms with Gasteiger partial charge >= 0.3 is 29.4 Å². The Labute approximate surface area is 57.7 Å². The van der Waals surface area contributed by atoms with Crippen molar-refractivity contribution in [2.24, 2.45) is 0 Å². The molecule has 0 aromatic heterocycles. The summed E-state index contributed by atoms with van der Waals surface area (Å²) in [6.07, 6.45) is 0. The Balaban J connectivity index is -0.00000000800. The van der Waals surface area contributed by atoms with Crippen molar-refractivity contribution in [3.63, 3.8) is 0 Å². The second-order valence-electron chi connectivity index (χ2n) is 0.448. The fraction of sp³-hybridized carbons (Fsp3) is 0. The average molecular weight is 235 g/mol. The zero-order valence-corrected chi connectivity index (χ0v) is 6.33. The normalized spacial score (nSPS) is 5.80. The van der Waals surface area contributed by atoms with Crippen LogP contribution in [0.15, 0.2) is 0 Å². The van der Waals surface area contributed by atoms with Crippen molar-refractivity contribution < 1.29 is 43.4 Å². The van der Waals surface area contributed by atoms with E-state index < -0.39 is 13.4 Å². The van der Waals surface area contributed by atoms with Gasteiger partial charge in [-0.05, 0) is 0 Å². The van der Waals surface area contributed by atoms with E-state index in [1.165, 1.54) is 0 Å². The zero-order valence-electron chi connectivity index (χ0n) is 4.62. The number of hydrogen-bond donors (Lipinski definition) is 2. The van der Waals surface area contributed by atoms with Gasteiger partial charge in [-0.25, -0.2) is 0 Å². The fourth-order valence-corrected chi connectivity index (χ4v) is 0. The molecule has 0 aliphatic carbocycles. The van der Waals surface area contributed by atoms with Gasteiger partial charge in [-0.2, -0.15) is 0 Å². The maximum atomic E-state index is 8.82. The molecule has 0 atom stereocenters. The van der Waals surface area contributed by atoms with Gasteiger partial charge in [0.15, 0.2) is 0 Å². The van der Waals surface area contributed by atoms with Crippen molar-refractivity contribution in [2.45, 2.75) is 0 Å². The summed E-state index contributed by atoms with van der Waals surface area (Å²) in [7, 11) is 0. The molecule has 0 aliphatic rings. The first kappa shape index (κ1) is 52.2. The monoisotopic (exact) mass is 236 g/mol. The predicted octanol–water partition coefficient (Wildman–Crippen LogP) is -5.86. The van der Waals surface area contributed by atoms with Crippen LogP contribution >= 0.6 is 0 Å². The van der Waals surface area contributed by atoms with Crippen LogP contribution in [0.5, 0.6) is 0 Å². The zero-order chi connectivity index (χ0) is 4.50. The molecule has 9 nitrogen and oxygen atoms in total. The summed E-state index contributed by atoms with van der Waals surface area (Å²) in [6.45, 7) is 0. The van der Waals surface area contributed by atoms with E-state index in [1.54, 1.807) is 0 Å². The molecule has 0 bridgehead atoms. The molecule has 0 rings (SSSR count). The molecule has 72 valence electrons. The first-order valence-corrected chi connectivity index (χ1v) is 3.63. The summed E-state index contributed by atoms with van der Waals surface area (Å²) >= 11 is -5.25. The Morgan fingerprint density at radius 1 is 0.700 bits per heavy atom. The summed E-state index contributed by atoms with van der Waals surface area (Å²) in [6, 6.07) is 0. The SMILES string of the molecule is O.O.O.O.O.O=[Se](=O)(O)O. The molecule has 0 unspecified atom stereocenters. The molecule has 10 heavy (non-hydrogen) atoms. The van der Waals surface area contributed by atoms with E-state index in [4.69, 9.17) is 16.0 Å². The van der Waals surface area contributed by atoms with Crippen molar-refractivity contribution in [3.05, 3.63) is 0 Å². The molecule has 0 spiro atoms. The topological polar surface area (TPSA) is 232 Å². The third-order valence-corrected chi connectivity index (χ3v) is 0. The predicted molar refractivity (Wildman–Crippen MR) is 29.6 cm³/mol. The van der Waals surface area contributed by atoms with Gasteiger partial charge in [-0.3, -0.25) is 0 Å². The summed E-state index contributed by atoms with van der Waals surface area (Å²) in [5, 5.41) is 0. The molecule has 0 aliphatic heterocycles. The second-order valence-corrected chi connectivity index (χ2v) is 2.33. The molecular formula is H12O9Se. The molecule has 0 fully saturated rings. The molecule has 0 aromatic rings. The van der Waals surface area contributed by atoms with Gasteiger partial charge in [0.05, 0.1) is 0 Å². The van der Waals surface area contributed by atoms with Crippen molar-refractivity contribution >= 4 is 13.4 Å². The van der Waals surface area contributed by atoms with Crippen LogP contribution in [-0.2, 0) is 7.67 Å².